The number of carbonyl (C=O) groups is 1. The lowest BCUT2D eigenvalue weighted by molar-refractivity contribution is -0.125. The predicted octanol–water partition coefficient (Wildman–Crippen LogP) is 5.05. The van der Waals surface area contributed by atoms with E-state index in [9.17, 15) is 4.79 Å². The number of hydrogen-bond donors (Lipinski definition) is 3. The van der Waals surface area contributed by atoms with Gasteiger partial charge in [-0.05, 0) is 81.1 Å². The van der Waals surface area contributed by atoms with Gasteiger partial charge in [0.25, 0.3) is 0 Å². The lowest BCUT2D eigenvalue weighted by atomic mass is 10.1. The summed E-state index contributed by atoms with van der Waals surface area (Å²) in [4.78, 5) is 25.5. The first kappa shape index (κ1) is 23.0. The molecule has 0 saturated carbocycles. The average molecular weight is 481 g/mol. The number of halogens is 1. The highest BCUT2D eigenvalue weighted by Crippen LogP contribution is 2.29. The molecule has 2 aliphatic heterocycles. The zero-order valence-electron chi connectivity index (χ0n) is 19.7. The maximum absolute atomic E-state index is 12.8. The highest BCUT2D eigenvalue weighted by atomic mass is 35.5. The van der Waals surface area contributed by atoms with E-state index in [0.29, 0.717) is 17.5 Å². The number of fused-ring (bicyclic) bond motifs is 1. The number of nitrogens with one attached hydrogen (secondary N) is 3. The summed E-state index contributed by atoms with van der Waals surface area (Å²) in [6.07, 6.45) is 5.59. The maximum atomic E-state index is 12.8. The van der Waals surface area contributed by atoms with E-state index in [1.165, 1.54) is 18.5 Å². The van der Waals surface area contributed by atoms with Gasteiger partial charge in [-0.1, -0.05) is 24.6 Å². The van der Waals surface area contributed by atoms with Crippen molar-refractivity contribution >= 4 is 45.9 Å². The molecule has 1 aromatic heterocycles. The Morgan fingerprint density at radius 1 is 1.15 bits per heavy atom. The molecule has 1 unspecified atom stereocenters. The number of likely N-dealkylation sites (tertiary alicyclic amines) is 1. The third kappa shape index (κ3) is 5.00. The Morgan fingerprint density at radius 3 is 2.82 bits per heavy atom. The van der Waals surface area contributed by atoms with E-state index in [-0.39, 0.29) is 11.9 Å². The van der Waals surface area contributed by atoms with E-state index in [0.717, 1.165) is 67.7 Å². The fourth-order valence-electron chi connectivity index (χ4n) is 5.12. The first-order valence-corrected chi connectivity index (χ1v) is 12.8. The molecule has 0 spiro atoms. The number of nitrogens with zero attached hydrogens (tertiary/aromatic N) is 3. The first-order valence-electron chi connectivity index (χ1n) is 12.4. The van der Waals surface area contributed by atoms with Crippen molar-refractivity contribution in [3.8, 4) is 0 Å². The fraction of sp³-hybridized carbons (Fsp3) is 0.462. The largest absolute Gasteiger partial charge is 0.371 e. The molecular weight excluding hydrogens is 448 g/mol. The van der Waals surface area contributed by atoms with Crippen molar-refractivity contribution in [1.82, 2.24) is 20.2 Å². The van der Waals surface area contributed by atoms with Crippen LogP contribution in [0, 0.1) is 0 Å². The Morgan fingerprint density at radius 2 is 2.00 bits per heavy atom. The van der Waals surface area contributed by atoms with E-state index >= 15 is 0 Å². The molecule has 180 valence electrons. The van der Waals surface area contributed by atoms with Crippen LogP contribution >= 0.6 is 11.6 Å². The third-order valence-corrected chi connectivity index (χ3v) is 7.20. The second kappa shape index (κ2) is 10.2. The Hall–Kier alpha value is -2.77. The lowest BCUT2D eigenvalue weighted by Gasteiger charge is -2.23. The van der Waals surface area contributed by atoms with Crippen LogP contribution < -0.4 is 15.5 Å². The molecule has 34 heavy (non-hydrogen) atoms. The van der Waals surface area contributed by atoms with Crippen LogP contribution in [0.25, 0.3) is 11.0 Å². The van der Waals surface area contributed by atoms with E-state index in [1.807, 2.05) is 18.2 Å². The Bertz CT molecular complexity index is 1160. The number of amides is 1. The van der Waals surface area contributed by atoms with Crippen molar-refractivity contribution in [3.05, 3.63) is 47.0 Å². The van der Waals surface area contributed by atoms with Crippen LogP contribution in [0.4, 0.5) is 17.3 Å². The molecule has 1 amide bonds. The van der Waals surface area contributed by atoms with Gasteiger partial charge < -0.3 is 20.5 Å². The smallest absolute Gasteiger partial charge is 0.237 e. The highest BCUT2D eigenvalue weighted by molar-refractivity contribution is 6.33. The Balaban J connectivity index is 1.25. The summed E-state index contributed by atoms with van der Waals surface area (Å²) < 4.78 is 0. The number of rotatable bonds is 8. The molecule has 2 aliphatic rings. The van der Waals surface area contributed by atoms with Gasteiger partial charge >= 0.3 is 0 Å². The lowest BCUT2D eigenvalue weighted by Crippen LogP contribution is -2.43. The molecular formula is C26H33ClN6O. The van der Waals surface area contributed by atoms with E-state index in [2.05, 4.69) is 50.5 Å². The number of H-pyrrole nitrogens is 1. The summed E-state index contributed by atoms with van der Waals surface area (Å²) in [6.45, 7) is 6.83. The number of imidazole rings is 1. The van der Waals surface area contributed by atoms with E-state index in [4.69, 9.17) is 16.6 Å². The molecule has 1 atom stereocenters. The number of anilines is 3. The minimum Gasteiger partial charge on any atom is -0.371 e. The van der Waals surface area contributed by atoms with Crippen LogP contribution in [0.3, 0.4) is 0 Å². The number of aromatic amines is 1. The van der Waals surface area contributed by atoms with Gasteiger partial charge in [0.1, 0.15) is 0 Å². The average Bonchev–Trinajstić information content (AvgIpc) is 3.60. The SMILES string of the molecule is CCCN1CCCC1C(=O)NCc1ccc(Cl)c(Nc2nc3cc(N4CCCC4)ccc3[nH]2)c1. The van der Waals surface area contributed by atoms with E-state index in [1.54, 1.807) is 0 Å². The van der Waals surface area contributed by atoms with Crippen LogP contribution in [0.1, 0.15) is 44.6 Å². The summed E-state index contributed by atoms with van der Waals surface area (Å²) in [5.41, 5.74) is 4.89. The molecule has 2 fully saturated rings. The minimum atomic E-state index is -0.00848. The van der Waals surface area contributed by atoms with Gasteiger partial charge in [0.05, 0.1) is 27.8 Å². The summed E-state index contributed by atoms with van der Waals surface area (Å²) in [5, 5.41) is 7.05. The van der Waals surface area contributed by atoms with Gasteiger partial charge in [-0.15, -0.1) is 0 Å². The van der Waals surface area contributed by atoms with Crippen molar-refractivity contribution < 1.29 is 4.79 Å². The van der Waals surface area contributed by atoms with Crippen LogP contribution in [0.15, 0.2) is 36.4 Å². The summed E-state index contributed by atoms with van der Waals surface area (Å²) >= 11 is 6.47. The van der Waals surface area contributed by atoms with E-state index < -0.39 is 0 Å². The zero-order valence-corrected chi connectivity index (χ0v) is 20.5. The second-order valence-electron chi connectivity index (χ2n) is 9.33. The van der Waals surface area contributed by atoms with Crippen molar-refractivity contribution in [1.29, 1.82) is 0 Å². The third-order valence-electron chi connectivity index (χ3n) is 6.87. The topological polar surface area (TPSA) is 76.3 Å². The summed E-state index contributed by atoms with van der Waals surface area (Å²) in [7, 11) is 0. The van der Waals surface area contributed by atoms with Gasteiger partial charge in [-0.3, -0.25) is 9.69 Å². The zero-order chi connectivity index (χ0) is 23.5. The number of aromatic nitrogens is 2. The van der Waals surface area contributed by atoms with Gasteiger partial charge in [-0.2, -0.15) is 0 Å². The highest BCUT2D eigenvalue weighted by Gasteiger charge is 2.29. The molecule has 2 aromatic carbocycles. The summed E-state index contributed by atoms with van der Waals surface area (Å²) in [6, 6.07) is 12.2. The van der Waals surface area contributed by atoms with Gasteiger partial charge in [0.2, 0.25) is 11.9 Å². The normalized spacial score (nSPS) is 18.6. The molecule has 8 heteroatoms. The molecule has 2 saturated heterocycles. The standard InChI is InChI=1S/C26H33ClN6O/c1-2-11-33-14-5-6-24(33)25(34)28-17-18-7-9-20(27)22(15-18)30-26-29-21-10-8-19(16-23(21)31-26)32-12-3-4-13-32/h7-10,15-16,24H,2-6,11-14,17H2,1H3,(H,28,34)(H2,29,30,31). The number of carbonyl (C=O) groups excluding carboxylic acids is 1. The maximum Gasteiger partial charge on any atom is 0.237 e. The van der Waals surface area contributed by atoms with Crippen molar-refractivity contribution in [2.45, 2.75) is 51.6 Å². The van der Waals surface area contributed by atoms with Crippen molar-refractivity contribution in [2.24, 2.45) is 0 Å². The fourth-order valence-corrected chi connectivity index (χ4v) is 5.28. The summed E-state index contributed by atoms with van der Waals surface area (Å²) in [5.74, 6) is 0.763. The Labute approximate surface area is 205 Å². The number of benzene rings is 2. The second-order valence-corrected chi connectivity index (χ2v) is 9.74. The van der Waals surface area contributed by atoms with Crippen molar-refractivity contribution in [2.75, 3.05) is 36.4 Å². The van der Waals surface area contributed by atoms with Crippen molar-refractivity contribution in [3.63, 3.8) is 0 Å². The molecule has 7 nitrogen and oxygen atoms in total. The van der Waals surface area contributed by atoms with Crippen LogP contribution in [0.2, 0.25) is 5.02 Å². The molecule has 0 aliphatic carbocycles. The first-order chi connectivity index (χ1) is 16.6. The Kier molecular flexibility index (Phi) is 6.92. The quantitative estimate of drug-likeness (QED) is 0.420. The van der Waals surface area contributed by atoms with Gasteiger partial charge in [0, 0.05) is 25.3 Å². The monoisotopic (exact) mass is 480 g/mol. The molecule has 3 heterocycles. The molecule has 0 bridgehead atoms. The number of hydrogen-bond acceptors (Lipinski definition) is 5. The predicted molar refractivity (Wildman–Crippen MR) is 139 cm³/mol. The minimum absolute atomic E-state index is 0.00848. The molecule has 5 rings (SSSR count). The molecule has 3 N–H and O–H groups in total. The van der Waals surface area contributed by atoms with Gasteiger partial charge in [-0.25, -0.2) is 4.98 Å². The molecule has 0 radical (unpaired) electrons. The molecule has 3 aromatic rings. The van der Waals surface area contributed by atoms with Gasteiger partial charge in [0.15, 0.2) is 0 Å². The van der Waals surface area contributed by atoms with Crippen LogP contribution in [-0.4, -0.2) is 53.0 Å². The van der Waals surface area contributed by atoms with Crippen LogP contribution in [-0.2, 0) is 11.3 Å². The van der Waals surface area contributed by atoms with Crippen LogP contribution in [0.5, 0.6) is 0 Å².